The second kappa shape index (κ2) is 6.91. The lowest BCUT2D eigenvalue weighted by molar-refractivity contribution is -0.147. The summed E-state index contributed by atoms with van der Waals surface area (Å²) in [6.45, 7) is 2.54. The van der Waals surface area contributed by atoms with Crippen LogP contribution in [0.2, 0.25) is 0 Å². The molecule has 0 spiro atoms. The normalized spacial score (nSPS) is 14.2. The predicted molar refractivity (Wildman–Crippen MR) is 96.3 cm³/mol. The molecular weight excluding hydrogens is 395 g/mol. The minimum absolute atomic E-state index is 0.0158. The molecular formula is C15H14F3N9S. The third-order valence-electron chi connectivity index (χ3n) is 4.35. The standard InChI is InChI=1S/C15H14F3N9S/c1-2-3-8-6-9-11(20-14(24-25-19)21-12(9)28-8)26-4-5-27-10(7-26)22-23-13(27)15(16,17)18/h6H,2-5,7H2,1H3. The lowest BCUT2D eigenvalue weighted by atomic mass is 10.2. The number of fused-ring (bicyclic) bond motifs is 2. The molecule has 146 valence electrons. The molecule has 28 heavy (non-hydrogen) atoms. The van der Waals surface area contributed by atoms with E-state index in [-0.39, 0.29) is 31.4 Å². The fourth-order valence-electron chi connectivity index (χ4n) is 3.19. The van der Waals surface area contributed by atoms with Crippen molar-refractivity contribution in [2.75, 3.05) is 11.4 Å². The first-order chi connectivity index (χ1) is 13.4. The number of azide groups is 1. The number of rotatable bonds is 4. The van der Waals surface area contributed by atoms with E-state index in [1.807, 2.05) is 11.0 Å². The van der Waals surface area contributed by atoms with Crippen molar-refractivity contribution in [3.8, 4) is 0 Å². The third-order valence-corrected chi connectivity index (χ3v) is 5.44. The molecule has 0 bridgehead atoms. The van der Waals surface area contributed by atoms with Crippen LogP contribution in [0.25, 0.3) is 20.7 Å². The number of nitrogens with zero attached hydrogens (tertiary/aromatic N) is 9. The minimum Gasteiger partial charge on any atom is -0.347 e. The van der Waals surface area contributed by atoms with Gasteiger partial charge in [-0.15, -0.1) is 21.5 Å². The summed E-state index contributed by atoms with van der Waals surface area (Å²) in [5.74, 6) is -0.281. The van der Waals surface area contributed by atoms with E-state index in [4.69, 9.17) is 5.53 Å². The quantitative estimate of drug-likeness (QED) is 0.364. The third kappa shape index (κ3) is 3.22. The van der Waals surface area contributed by atoms with E-state index in [1.165, 1.54) is 11.3 Å². The average molecular weight is 409 g/mol. The van der Waals surface area contributed by atoms with E-state index in [9.17, 15) is 13.2 Å². The molecule has 0 aromatic carbocycles. The van der Waals surface area contributed by atoms with Crippen LogP contribution in [0.4, 0.5) is 24.9 Å². The largest absolute Gasteiger partial charge is 0.451 e. The molecule has 0 amide bonds. The summed E-state index contributed by atoms with van der Waals surface area (Å²) >= 11 is 1.49. The zero-order valence-corrected chi connectivity index (χ0v) is 15.5. The van der Waals surface area contributed by atoms with Gasteiger partial charge in [0.15, 0.2) is 5.82 Å². The number of hydrogen-bond acceptors (Lipinski definition) is 7. The first-order valence-corrected chi connectivity index (χ1v) is 9.32. The maximum Gasteiger partial charge on any atom is 0.451 e. The number of anilines is 1. The molecule has 0 saturated carbocycles. The van der Waals surface area contributed by atoms with Gasteiger partial charge in [0, 0.05) is 22.9 Å². The molecule has 0 N–H and O–H groups in total. The fourth-order valence-corrected chi connectivity index (χ4v) is 4.31. The first-order valence-electron chi connectivity index (χ1n) is 8.50. The van der Waals surface area contributed by atoms with Crippen LogP contribution in [0.5, 0.6) is 0 Å². The predicted octanol–water partition coefficient (Wildman–Crippen LogP) is 4.22. The van der Waals surface area contributed by atoms with Gasteiger partial charge in [-0.05, 0) is 23.1 Å². The Balaban J connectivity index is 1.76. The molecule has 0 aliphatic carbocycles. The van der Waals surface area contributed by atoms with E-state index in [0.717, 1.165) is 27.7 Å². The van der Waals surface area contributed by atoms with Crippen LogP contribution in [-0.4, -0.2) is 31.3 Å². The lowest BCUT2D eigenvalue weighted by Gasteiger charge is -2.29. The molecule has 1 aliphatic rings. The van der Waals surface area contributed by atoms with Gasteiger partial charge in [0.25, 0.3) is 0 Å². The number of alkyl halides is 3. The maximum atomic E-state index is 13.0. The molecule has 9 nitrogen and oxygen atoms in total. The summed E-state index contributed by atoms with van der Waals surface area (Å²) in [6.07, 6.45) is -2.71. The zero-order chi connectivity index (χ0) is 19.9. The van der Waals surface area contributed by atoms with Gasteiger partial charge < -0.3 is 9.47 Å². The summed E-state index contributed by atoms with van der Waals surface area (Å²) in [5.41, 5.74) is 8.73. The fraction of sp³-hybridized carbons (Fsp3) is 0.467. The van der Waals surface area contributed by atoms with Crippen molar-refractivity contribution in [3.63, 3.8) is 0 Å². The van der Waals surface area contributed by atoms with Crippen LogP contribution in [-0.2, 0) is 25.7 Å². The minimum atomic E-state index is -4.55. The van der Waals surface area contributed by atoms with Gasteiger partial charge >= 0.3 is 6.18 Å². The van der Waals surface area contributed by atoms with Gasteiger partial charge in [0.05, 0.1) is 11.9 Å². The number of thiophene rings is 1. The van der Waals surface area contributed by atoms with Crippen molar-refractivity contribution in [2.24, 2.45) is 5.11 Å². The van der Waals surface area contributed by atoms with Crippen molar-refractivity contribution < 1.29 is 13.2 Å². The van der Waals surface area contributed by atoms with Gasteiger partial charge in [-0.2, -0.15) is 13.2 Å². The monoisotopic (exact) mass is 409 g/mol. The molecule has 4 rings (SSSR count). The van der Waals surface area contributed by atoms with Crippen LogP contribution in [0.15, 0.2) is 11.2 Å². The van der Waals surface area contributed by atoms with E-state index < -0.39 is 12.0 Å². The van der Waals surface area contributed by atoms with Gasteiger partial charge in [0.1, 0.15) is 10.6 Å². The Morgan fingerprint density at radius 2 is 2.11 bits per heavy atom. The topological polar surface area (TPSA) is 108 Å². The van der Waals surface area contributed by atoms with Crippen LogP contribution >= 0.6 is 11.3 Å². The Morgan fingerprint density at radius 3 is 2.82 bits per heavy atom. The average Bonchev–Trinajstić information content (AvgIpc) is 3.24. The highest BCUT2D eigenvalue weighted by molar-refractivity contribution is 7.18. The van der Waals surface area contributed by atoms with Crippen molar-refractivity contribution in [2.45, 2.75) is 39.0 Å². The Kier molecular flexibility index (Phi) is 4.55. The SMILES string of the molecule is CCCc1cc2c(N3CCn4c(nnc4C(F)(F)F)C3)nc(N=[N+]=[N-])nc2s1. The zero-order valence-electron chi connectivity index (χ0n) is 14.7. The van der Waals surface area contributed by atoms with Crippen molar-refractivity contribution in [3.05, 3.63) is 33.0 Å². The molecule has 0 unspecified atom stereocenters. The summed E-state index contributed by atoms with van der Waals surface area (Å²) in [5, 5.41) is 11.3. The molecule has 13 heteroatoms. The Morgan fingerprint density at radius 1 is 1.29 bits per heavy atom. The molecule has 4 heterocycles. The van der Waals surface area contributed by atoms with Gasteiger partial charge in [-0.3, -0.25) is 0 Å². The Hall–Kier alpha value is -2.92. The molecule has 0 saturated heterocycles. The van der Waals surface area contributed by atoms with Gasteiger partial charge in [0.2, 0.25) is 11.8 Å². The van der Waals surface area contributed by atoms with Crippen LogP contribution in [0.3, 0.4) is 0 Å². The van der Waals surface area contributed by atoms with E-state index in [2.05, 4.69) is 37.1 Å². The Bertz CT molecular complexity index is 1080. The van der Waals surface area contributed by atoms with Crippen LogP contribution in [0, 0.1) is 0 Å². The molecule has 0 radical (unpaired) electrons. The van der Waals surface area contributed by atoms with E-state index in [0.29, 0.717) is 10.6 Å². The summed E-state index contributed by atoms with van der Waals surface area (Å²) in [4.78, 5) is 15.0. The van der Waals surface area contributed by atoms with Gasteiger partial charge in [-0.1, -0.05) is 13.3 Å². The number of hydrogen-bond donors (Lipinski definition) is 0. The smallest absolute Gasteiger partial charge is 0.347 e. The second-order valence-electron chi connectivity index (χ2n) is 6.23. The van der Waals surface area contributed by atoms with Crippen molar-refractivity contribution >= 4 is 33.3 Å². The van der Waals surface area contributed by atoms with Crippen LogP contribution in [0.1, 0.15) is 29.9 Å². The van der Waals surface area contributed by atoms with E-state index in [1.54, 1.807) is 0 Å². The second-order valence-corrected chi connectivity index (χ2v) is 7.34. The lowest BCUT2D eigenvalue weighted by Crippen LogP contribution is -2.35. The number of halogens is 3. The van der Waals surface area contributed by atoms with E-state index >= 15 is 0 Å². The maximum absolute atomic E-state index is 13.0. The first kappa shape index (κ1) is 18.4. The van der Waals surface area contributed by atoms with Crippen molar-refractivity contribution in [1.29, 1.82) is 0 Å². The number of aryl methyl sites for hydroxylation is 1. The van der Waals surface area contributed by atoms with Gasteiger partial charge in [-0.25, -0.2) is 9.97 Å². The highest BCUT2D eigenvalue weighted by Gasteiger charge is 2.39. The number of aromatic nitrogens is 5. The Labute approximate surface area is 160 Å². The molecule has 3 aromatic heterocycles. The van der Waals surface area contributed by atoms with Crippen LogP contribution < -0.4 is 4.90 Å². The van der Waals surface area contributed by atoms with Crippen molar-refractivity contribution in [1.82, 2.24) is 24.7 Å². The molecule has 1 aliphatic heterocycles. The molecule has 0 atom stereocenters. The summed E-state index contributed by atoms with van der Waals surface area (Å²) in [6, 6.07) is 1.99. The highest BCUT2D eigenvalue weighted by Crippen LogP contribution is 2.35. The summed E-state index contributed by atoms with van der Waals surface area (Å²) < 4.78 is 40.2. The molecule has 3 aromatic rings. The summed E-state index contributed by atoms with van der Waals surface area (Å²) in [7, 11) is 0. The molecule has 0 fully saturated rings. The highest BCUT2D eigenvalue weighted by atomic mass is 32.1.